The van der Waals surface area contributed by atoms with Crippen molar-refractivity contribution in [1.82, 2.24) is 5.32 Å². The van der Waals surface area contributed by atoms with E-state index in [1.165, 1.54) is 0 Å². The van der Waals surface area contributed by atoms with Gasteiger partial charge in [-0.3, -0.25) is 14.4 Å². The van der Waals surface area contributed by atoms with Crippen LogP contribution in [0.3, 0.4) is 0 Å². The van der Waals surface area contributed by atoms with E-state index in [-0.39, 0.29) is 31.4 Å². The number of pyridine rings is 1. The second-order valence-electron chi connectivity index (χ2n) is 4.58. The number of rotatable bonds is 8. The van der Waals surface area contributed by atoms with Crippen molar-refractivity contribution in [3.05, 3.63) is 30.1 Å². The van der Waals surface area contributed by atoms with Gasteiger partial charge in [0.05, 0.1) is 6.61 Å². The fraction of sp³-hybridized carbons (Fsp3) is 0.467. The fourth-order valence-corrected chi connectivity index (χ4v) is 1.69. The minimum atomic E-state index is -0.469. The van der Waals surface area contributed by atoms with E-state index in [0.717, 1.165) is 0 Å². The first-order valence-electron chi connectivity index (χ1n) is 7.07. The molecule has 7 heteroatoms. The SMILES string of the molecule is CCOC(=O)CCCC(=O)OCNC(=O)c1ccc[n+](C)c1. The van der Waals surface area contributed by atoms with E-state index in [4.69, 9.17) is 9.47 Å². The number of aryl methyl sites for hydroxylation is 1. The van der Waals surface area contributed by atoms with Gasteiger partial charge in [-0.05, 0) is 19.4 Å². The lowest BCUT2D eigenvalue weighted by molar-refractivity contribution is -0.671. The Morgan fingerprint density at radius 2 is 1.86 bits per heavy atom. The first-order chi connectivity index (χ1) is 10.5. The normalized spacial score (nSPS) is 9.91. The molecule has 1 N–H and O–H groups in total. The second kappa shape index (κ2) is 9.49. The van der Waals surface area contributed by atoms with Gasteiger partial charge in [0.2, 0.25) is 0 Å². The molecule has 0 unspecified atom stereocenters. The van der Waals surface area contributed by atoms with E-state index in [2.05, 4.69) is 5.32 Å². The Labute approximate surface area is 129 Å². The summed E-state index contributed by atoms with van der Waals surface area (Å²) in [5, 5.41) is 2.49. The van der Waals surface area contributed by atoms with Crippen LogP contribution in [0.25, 0.3) is 0 Å². The highest BCUT2D eigenvalue weighted by molar-refractivity contribution is 5.93. The van der Waals surface area contributed by atoms with Crippen molar-refractivity contribution >= 4 is 17.8 Å². The van der Waals surface area contributed by atoms with Crippen LogP contribution in [0.1, 0.15) is 36.5 Å². The highest BCUT2D eigenvalue weighted by atomic mass is 16.5. The van der Waals surface area contributed by atoms with Gasteiger partial charge in [-0.25, -0.2) is 4.57 Å². The van der Waals surface area contributed by atoms with Crippen molar-refractivity contribution in [2.24, 2.45) is 7.05 Å². The maximum atomic E-state index is 11.8. The smallest absolute Gasteiger partial charge is 0.307 e. The standard InChI is InChI=1S/C15H20N2O5/c1-3-21-13(18)7-4-8-14(19)22-11-16-15(20)12-6-5-9-17(2)10-12/h5-6,9-10H,3-4,7-8,11H2,1-2H3/p+1. The van der Waals surface area contributed by atoms with Crippen LogP contribution >= 0.6 is 0 Å². The number of nitrogens with zero attached hydrogens (tertiary/aromatic N) is 1. The first-order valence-corrected chi connectivity index (χ1v) is 7.07. The molecule has 1 heterocycles. The minimum absolute atomic E-state index is 0.106. The van der Waals surface area contributed by atoms with Crippen LogP contribution in [0, 0.1) is 0 Å². The molecule has 0 atom stereocenters. The summed E-state index contributed by atoms with van der Waals surface area (Å²) in [6, 6.07) is 3.41. The van der Waals surface area contributed by atoms with Crippen LogP contribution in [0.5, 0.6) is 0 Å². The van der Waals surface area contributed by atoms with Gasteiger partial charge in [-0.2, -0.15) is 0 Å². The van der Waals surface area contributed by atoms with Gasteiger partial charge in [0.25, 0.3) is 5.91 Å². The summed E-state index contributed by atoms with van der Waals surface area (Å²) in [6.45, 7) is 1.85. The molecule has 1 aromatic rings. The maximum Gasteiger partial charge on any atom is 0.307 e. The molecule has 0 spiro atoms. The van der Waals surface area contributed by atoms with E-state index in [0.29, 0.717) is 18.6 Å². The summed E-state index contributed by atoms with van der Waals surface area (Å²) in [6.07, 6.45) is 4.11. The lowest BCUT2D eigenvalue weighted by Crippen LogP contribution is -2.32. The Balaban J connectivity index is 2.19. The van der Waals surface area contributed by atoms with Gasteiger partial charge in [0.15, 0.2) is 19.1 Å². The van der Waals surface area contributed by atoms with Gasteiger partial charge in [-0.15, -0.1) is 0 Å². The number of carbonyl (C=O) groups excluding carboxylic acids is 3. The number of nitrogens with one attached hydrogen (secondary N) is 1. The van der Waals surface area contributed by atoms with Crippen LogP contribution in [0.15, 0.2) is 24.5 Å². The zero-order valence-electron chi connectivity index (χ0n) is 12.8. The van der Waals surface area contributed by atoms with Gasteiger partial charge in [0.1, 0.15) is 12.6 Å². The summed E-state index contributed by atoms with van der Waals surface area (Å²) < 4.78 is 11.4. The molecule has 0 saturated carbocycles. The molecule has 0 bridgehead atoms. The quantitative estimate of drug-likeness (QED) is 0.429. The van der Waals surface area contributed by atoms with Crippen molar-refractivity contribution < 1.29 is 28.4 Å². The Morgan fingerprint density at radius 3 is 2.50 bits per heavy atom. The number of amides is 1. The first kappa shape index (κ1) is 17.6. The molecule has 120 valence electrons. The van der Waals surface area contributed by atoms with Crippen LogP contribution < -0.4 is 9.88 Å². The maximum absolute atomic E-state index is 11.8. The average molecular weight is 309 g/mol. The predicted molar refractivity (Wildman–Crippen MR) is 76.5 cm³/mol. The number of hydrogen-bond acceptors (Lipinski definition) is 5. The Morgan fingerprint density at radius 1 is 1.18 bits per heavy atom. The average Bonchev–Trinajstić information content (AvgIpc) is 2.47. The summed E-state index contributed by atoms with van der Waals surface area (Å²) in [5.41, 5.74) is 0.475. The third-order valence-electron chi connectivity index (χ3n) is 2.73. The van der Waals surface area contributed by atoms with Crippen molar-refractivity contribution in [3.8, 4) is 0 Å². The molecule has 0 aromatic carbocycles. The summed E-state index contributed by atoms with van der Waals surface area (Å²) in [4.78, 5) is 34.3. The molecule has 0 aliphatic rings. The van der Waals surface area contributed by atoms with Crippen molar-refractivity contribution in [2.45, 2.75) is 26.2 Å². The molecule has 0 saturated heterocycles. The number of hydrogen-bond donors (Lipinski definition) is 1. The monoisotopic (exact) mass is 309 g/mol. The van der Waals surface area contributed by atoms with Gasteiger partial charge in [-0.1, -0.05) is 0 Å². The molecule has 7 nitrogen and oxygen atoms in total. The van der Waals surface area contributed by atoms with E-state index in [1.54, 1.807) is 43.1 Å². The van der Waals surface area contributed by atoms with E-state index in [9.17, 15) is 14.4 Å². The highest BCUT2D eigenvalue weighted by Gasteiger charge is 2.10. The Hall–Kier alpha value is -2.44. The van der Waals surface area contributed by atoms with Crippen molar-refractivity contribution in [1.29, 1.82) is 0 Å². The zero-order chi connectivity index (χ0) is 16.4. The third kappa shape index (κ3) is 6.83. The van der Waals surface area contributed by atoms with E-state index in [1.807, 2.05) is 0 Å². The predicted octanol–water partition coefficient (Wildman–Crippen LogP) is 0.475. The van der Waals surface area contributed by atoms with Crippen LogP contribution in [-0.4, -0.2) is 31.2 Å². The molecule has 1 aromatic heterocycles. The summed E-state index contributed by atoms with van der Waals surface area (Å²) >= 11 is 0. The molecule has 1 amide bonds. The zero-order valence-corrected chi connectivity index (χ0v) is 12.8. The number of carbonyl (C=O) groups is 3. The number of esters is 2. The van der Waals surface area contributed by atoms with E-state index < -0.39 is 5.97 Å². The minimum Gasteiger partial charge on any atom is -0.466 e. The third-order valence-corrected chi connectivity index (χ3v) is 2.73. The molecule has 0 aliphatic carbocycles. The van der Waals surface area contributed by atoms with Gasteiger partial charge >= 0.3 is 11.9 Å². The fourth-order valence-electron chi connectivity index (χ4n) is 1.69. The molecule has 0 fully saturated rings. The molecular weight excluding hydrogens is 288 g/mol. The molecule has 1 rings (SSSR count). The molecular formula is C15H21N2O5+. The summed E-state index contributed by atoms with van der Waals surface area (Å²) in [5.74, 6) is -1.13. The highest BCUT2D eigenvalue weighted by Crippen LogP contribution is 2.00. The molecule has 0 aliphatic heterocycles. The van der Waals surface area contributed by atoms with Crippen molar-refractivity contribution in [2.75, 3.05) is 13.3 Å². The van der Waals surface area contributed by atoms with Gasteiger partial charge in [0, 0.05) is 18.9 Å². The van der Waals surface area contributed by atoms with Crippen LogP contribution in [0.4, 0.5) is 0 Å². The number of aromatic nitrogens is 1. The molecule has 22 heavy (non-hydrogen) atoms. The lowest BCUT2D eigenvalue weighted by atomic mass is 10.2. The topological polar surface area (TPSA) is 85.6 Å². The summed E-state index contributed by atoms with van der Waals surface area (Å²) in [7, 11) is 1.81. The van der Waals surface area contributed by atoms with Crippen LogP contribution in [-0.2, 0) is 26.1 Å². The lowest BCUT2D eigenvalue weighted by Gasteiger charge is -2.06. The van der Waals surface area contributed by atoms with Crippen LogP contribution in [0.2, 0.25) is 0 Å². The largest absolute Gasteiger partial charge is 0.466 e. The van der Waals surface area contributed by atoms with E-state index >= 15 is 0 Å². The Kier molecular flexibility index (Phi) is 7.60. The molecule has 0 radical (unpaired) electrons. The van der Waals surface area contributed by atoms with Gasteiger partial charge < -0.3 is 14.8 Å². The number of ether oxygens (including phenoxy) is 2. The Bertz CT molecular complexity index is 530. The second-order valence-corrected chi connectivity index (χ2v) is 4.58. The van der Waals surface area contributed by atoms with Crippen molar-refractivity contribution in [3.63, 3.8) is 0 Å².